The average molecular weight is 327 g/mol. The molecule has 0 spiro atoms. The summed E-state index contributed by atoms with van der Waals surface area (Å²) in [5, 5.41) is 0. The van der Waals surface area contributed by atoms with Crippen LogP contribution in [0, 0.1) is 6.92 Å². The van der Waals surface area contributed by atoms with Crippen molar-refractivity contribution in [1.29, 1.82) is 0 Å². The number of rotatable bonds is 4. The number of ether oxygens (including phenoxy) is 1. The van der Waals surface area contributed by atoms with Gasteiger partial charge < -0.3 is 4.74 Å². The van der Waals surface area contributed by atoms with Crippen molar-refractivity contribution < 1.29 is 4.74 Å². The predicted octanol–water partition coefficient (Wildman–Crippen LogP) is 5.78. The molecule has 0 saturated heterocycles. The number of nitrogens with zero attached hydrogens (tertiary/aromatic N) is 1. The van der Waals surface area contributed by atoms with Crippen LogP contribution in [0.5, 0.6) is 0 Å². The molecular formula is C23H21NO. The summed E-state index contributed by atoms with van der Waals surface area (Å²) in [6, 6.07) is 27.1. The number of aliphatic imine (C=N–C) groups is 1. The van der Waals surface area contributed by atoms with Crippen LogP contribution in [0.15, 0.2) is 83.9 Å². The molecule has 0 aliphatic carbocycles. The molecule has 0 radical (unpaired) electrons. The van der Waals surface area contributed by atoms with Crippen molar-refractivity contribution in [2.75, 3.05) is 0 Å². The molecule has 0 saturated carbocycles. The Balaban J connectivity index is 1.65. The van der Waals surface area contributed by atoms with Crippen molar-refractivity contribution in [1.82, 2.24) is 0 Å². The lowest BCUT2D eigenvalue weighted by Crippen LogP contribution is -2.16. The van der Waals surface area contributed by atoms with Crippen LogP contribution in [0.25, 0.3) is 0 Å². The maximum Gasteiger partial charge on any atom is 0.0906 e. The summed E-state index contributed by atoms with van der Waals surface area (Å²) in [5.41, 5.74) is 6.91. The van der Waals surface area contributed by atoms with E-state index in [4.69, 9.17) is 9.73 Å². The molecule has 1 unspecified atom stereocenters. The molecule has 0 bridgehead atoms. The third-order valence-corrected chi connectivity index (χ3v) is 4.57. The Labute approximate surface area is 148 Å². The summed E-state index contributed by atoms with van der Waals surface area (Å²) in [6.07, 6.45) is 0.829. The van der Waals surface area contributed by atoms with Crippen LogP contribution in [-0.2, 0) is 11.3 Å². The highest BCUT2D eigenvalue weighted by molar-refractivity contribution is 6.03. The molecule has 25 heavy (non-hydrogen) atoms. The SMILES string of the molecule is Cc1ccc2c(c1)C(OCc1ccccc1)CC(c1ccccc1)=N2. The number of hydrogen-bond acceptors (Lipinski definition) is 2. The number of benzene rings is 3. The van der Waals surface area contributed by atoms with Crippen LogP contribution < -0.4 is 0 Å². The third kappa shape index (κ3) is 3.54. The highest BCUT2D eigenvalue weighted by Gasteiger charge is 2.24. The van der Waals surface area contributed by atoms with Crippen LogP contribution >= 0.6 is 0 Å². The summed E-state index contributed by atoms with van der Waals surface area (Å²) in [4.78, 5) is 4.90. The second-order valence-electron chi connectivity index (χ2n) is 6.48. The molecule has 0 N–H and O–H groups in total. The van der Waals surface area contributed by atoms with Gasteiger partial charge in [0, 0.05) is 12.0 Å². The molecule has 1 atom stereocenters. The molecule has 2 nitrogen and oxygen atoms in total. The Bertz CT molecular complexity index is 884. The van der Waals surface area contributed by atoms with Gasteiger partial charge in [0.25, 0.3) is 0 Å². The Hall–Kier alpha value is -2.71. The van der Waals surface area contributed by atoms with Crippen molar-refractivity contribution in [3.05, 3.63) is 101 Å². The van der Waals surface area contributed by atoms with Crippen molar-refractivity contribution in [3.8, 4) is 0 Å². The normalized spacial score (nSPS) is 16.2. The first kappa shape index (κ1) is 15.8. The van der Waals surface area contributed by atoms with Crippen molar-refractivity contribution in [2.45, 2.75) is 26.1 Å². The molecule has 0 amide bonds. The molecule has 4 rings (SSSR count). The van der Waals surface area contributed by atoms with Gasteiger partial charge >= 0.3 is 0 Å². The van der Waals surface area contributed by atoms with E-state index >= 15 is 0 Å². The number of fused-ring (bicyclic) bond motifs is 1. The van der Waals surface area contributed by atoms with Crippen molar-refractivity contribution >= 4 is 11.4 Å². The van der Waals surface area contributed by atoms with Crippen LogP contribution in [0.4, 0.5) is 5.69 Å². The van der Waals surface area contributed by atoms with Gasteiger partial charge in [-0.25, -0.2) is 0 Å². The Morgan fingerprint density at radius 2 is 1.64 bits per heavy atom. The molecule has 124 valence electrons. The second-order valence-corrected chi connectivity index (χ2v) is 6.48. The van der Waals surface area contributed by atoms with Gasteiger partial charge in [-0.1, -0.05) is 78.4 Å². The van der Waals surface area contributed by atoms with Crippen molar-refractivity contribution in [2.24, 2.45) is 4.99 Å². The fraction of sp³-hybridized carbons (Fsp3) is 0.174. The standard InChI is InChI=1S/C23H21NO/c1-17-12-13-21-20(14-17)23(25-16-18-8-4-2-5-9-18)15-22(24-21)19-10-6-3-7-11-19/h2-14,23H,15-16H2,1H3. The fourth-order valence-electron chi connectivity index (χ4n) is 3.24. The van der Waals surface area contributed by atoms with Crippen LogP contribution in [-0.4, -0.2) is 5.71 Å². The Morgan fingerprint density at radius 1 is 0.920 bits per heavy atom. The van der Waals surface area contributed by atoms with E-state index in [0.717, 1.165) is 17.8 Å². The monoisotopic (exact) mass is 327 g/mol. The predicted molar refractivity (Wildman–Crippen MR) is 102 cm³/mol. The molecule has 2 heteroatoms. The molecule has 0 aromatic heterocycles. The van der Waals surface area contributed by atoms with Crippen LogP contribution in [0.1, 0.15) is 34.8 Å². The topological polar surface area (TPSA) is 21.6 Å². The van der Waals surface area contributed by atoms with Gasteiger partial charge in [-0.05, 0) is 24.1 Å². The van der Waals surface area contributed by atoms with Gasteiger partial charge in [-0.3, -0.25) is 4.99 Å². The highest BCUT2D eigenvalue weighted by Crippen LogP contribution is 2.37. The van der Waals surface area contributed by atoms with E-state index in [9.17, 15) is 0 Å². The molecule has 1 aliphatic heterocycles. The summed E-state index contributed by atoms with van der Waals surface area (Å²) in [7, 11) is 0. The first-order valence-corrected chi connectivity index (χ1v) is 8.69. The molecule has 0 fully saturated rings. The van der Waals surface area contributed by atoms with Gasteiger partial charge in [0.1, 0.15) is 0 Å². The van der Waals surface area contributed by atoms with Gasteiger partial charge in [0.05, 0.1) is 24.1 Å². The van der Waals surface area contributed by atoms with Gasteiger partial charge in [-0.2, -0.15) is 0 Å². The van der Waals surface area contributed by atoms with Crippen LogP contribution in [0.2, 0.25) is 0 Å². The zero-order valence-corrected chi connectivity index (χ0v) is 14.4. The van der Waals surface area contributed by atoms with Gasteiger partial charge in [-0.15, -0.1) is 0 Å². The summed E-state index contributed by atoms with van der Waals surface area (Å²) in [5.74, 6) is 0. The van der Waals surface area contributed by atoms with Gasteiger partial charge in [0.2, 0.25) is 0 Å². The van der Waals surface area contributed by atoms with E-state index in [0.29, 0.717) is 6.61 Å². The average Bonchev–Trinajstić information content (AvgIpc) is 2.67. The maximum atomic E-state index is 6.32. The minimum Gasteiger partial charge on any atom is -0.368 e. The molecule has 1 aliphatic rings. The lowest BCUT2D eigenvalue weighted by Gasteiger charge is -2.26. The first-order chi connectivity index (χ1) is 12.3. The van der Waals surface area contributed by atoms with E-state index in [1.165, 1.54) is 22.3 Å². The lowest BCUT2D eigenvalue weighted by molar-refractivity contribution is 0.0441. The van der Waals surface area contributed by atoms with E-state index in [-0.39, 0.29) is 6.10 Å². The number of aryl methyl sites for hydroxylation is 1. The maximum absolute atomic E-state index is 6.32. The highest BCUT2D eigenvalue weighted by atomic mass is 16.5. The quantitative estimate of drug-likeness (QED) is 0.595. The first-order valence-electron chi connectivity index (χ1n) is 8.69. The summed E-state index contributed by atoms with van der Waals surface area (Å²) < 4.78 is 6.32. The number of hydrogen-bond donors (Lipinski definition) is 0. The Morgan fingerprint density at radius 3 is 2.40 bits per heavy atom. The van der Waals surface area contributed by atoms with E-state index in [1.54, 1.807) is 0 Å². The minimum absolute atomic E-state index is 0.0304. The Kier molecular flexibility index (Phi) is 4.45. The zero-order valence-electron chi connectivity index (χ0n) is 14.4. The smallest absolute Gasteiger partial charge is 0.0906 e. The summed E-state index contributed by atoms with van der Waals surface area (Å²) >= 11 is 0. The molecule has 3 aromatic rings. The fourth-order valence-corrected chi connectivity index (χ4v) is 3.24. The summed E-state index contributed by atoms with van der Waals surface area (Å²) in [6.45, 7) is 2.73. The van der Waals surface area contributed by atoms with E-state index in [1.807, 2.05) is 12.1 Å². The van der Waals surface area contributed by atoms with E-state index in [2.05, 4.69) is 73.7 Å². The molecule has 3 aromatic carbocycles. The van der Waals surface area contributed by atoms with Crippen LogP contribution in [0.3, 0.4) is 0 Å². The second kappa shape index (κ2) is 7.04. The molecular weight excluding hydrogens is 306 g/mol. The van der Waals surface area contributed by atoms with Crippen molar-refractivity contribution in [3.63, 3.8) is 0 Å². The largest absolute Gasteiger partial charge is 0.368 e. The molecule has 1 heterocycles. The zero-order chi connectivity index (χ0) is 17.1. The van der Waals surface area contributed by atoms with Gasteiger partial charge in [0.15, 0.2) is 0 Å². The third-order valence-electron chi connectivity index (χ3n) is 4.57. The van der Waals surface area contributed by atoms with E-state index < -0.39 is 0 Å². The minimum atomic E-state index is 0.0304. The lowest BCUT2D eigenvalue weighted by atomic mass is 9.93.